The average molecular weight is 390 g/mol. The first-order valence-electron chi connectivity index (χ1n) is 5.70. The molecule has 0 saturated heterocycles. The molecular formula is C13H10BrClN2O3S. The highest BCUT2D eigenvalue weighted by Gasteiger charge is 2.15. The van der Waals surface area contributed by atoms with Gasteiger partial charge in [0.1, 0.15) is 4.60 Å². The summed E-state index contributed by atoms with van der Waals surface area (Å²) in [5.74, 6) is -0.442. The molecule has 1 N–H and O–H groups in total. The largest absolute Gasteiger partial charge is 0.321 e. The number of pyridine rings is 1. The summed E-state index contributed by atoms with van der Waals surface area (Å²) >= 11 is 9.15. The van der Waals surface area contributed by atoms with Crippen LogP contribution in [0.2, 0.25) is 5.02 Å². The molecule has 0 fully saturated rings. The Hall–Kier alpha value is -1.44. The normalized spacial score (nSPS) is 11.2. The fourth-order valence-electron chi connectivity index (χ4n) is 1.58. The number of carbonyl (C=O) groups excluding carboxylic acids is 1. The lowest BCUT2D eigenvalue weighted by Crippen LogP contribution is -2.13. The van der Waals surface area contributed by atoms with Crippen molar-refractivity contribution in [2.24, 2.45) is 0 Å². The van der Waals surface area contributed by atoms with E-state index >= 15 is 0 Å². The Balaban J connectivity index is 2.36. The van der Waals surface area contributed by atoms with Crippen LogP contribution in [-0.4, -0.2) is 25.6 Å². The van der Waals surface area contributed by atoms with E-state index in [1.165, 1.54) is 24.4 Å². The molecule has 5 nitrogen and oxygen atoms in total. The smallest absolute Gasteiger partial charge is 0.258 e. The molecule has 2 rings (SSSR count). The summed E-state index contributed by atoms with van der Waals surface area (Å²) in [7, 11) is -3.38. The van der Waals surface area contributed by atoms with Crippen LogP contribution in [0.15, 0.2) is 46.0 Å². The van der Waals surface area contributed by atoms with Gasteiger partial charge < -0.3 is 5.32 Å². The molecule has 0 aliphatic carbocycles. The second-order valence-corrected chi connectivity index (χ2v) is 7.38. The summed E-state index contributed by atoms with van der Waals surface area (Å²) in [5, 5.41) is 2.82. The van der Waals surface area contributed by atoms with E-state index in [9.17, 15) is 13.2 Å². The van der Waals surface area contributed by atoms with Crippen molar-refractivity contribution in [1.82, 2.24) is 4.98 Å². The van der Waals surface area contributed by atoms with E-state index in [4.69, 9.17) is 11.6 Å². The number of benzene rings is 1. The van der Waals surface area contributed by atoms with Gasteiger partial charge in [-0.2, -0.15) is 0 Å². The minimum atomic E-state index is -3.38. The van der Waals surface area contributed by atoms with Crippen LogP contribution in [-0.2, 0) is 9.84 Å². The fraction of sp³-hybridized carbons (Fsp3) is 0.0769. The molecule has 0 unspecified atom stereocenters. The fourth-order valence-corrected chi connectivity index (χ4v) is 2.82. The third-order valence-corrected chi connectivity index (χ3v) is 4.69. The Morgan fingerprint density at radius 1 is 1.33 bits per heavy atom. The van der Waals surface area contributed by atoms with Crippen LogP contribution in [0.25, 0.3) is 0 Å². The van der Waals surface area contributed by atoms with Gasteiger partial charge in [0, 0.05) is 12.5 Å². The molecule has 1 amide bonds. The number of nitrogens with zero attached hydrogens (tertiary/aromatic N) is 1. The van der Waals surface area contributed by atoms with Gasteiger partial charge in [-0.3, -0.25) is 4.79 Å². The van der Waals surface area contributed by atoms with Gasteiger partial charge in [-0.25, -0.2) is 13.4 Å². The van der Waals surface area contributed by atoms with Crippen molar-refractivity contribution >= 4 is 49.0 Å². The van der Waals surface area contributed by atoms with E-state index in [-0.39, 0.29) is 15.6 Å². The average Bonchev–Trinajstić information content (AvgIpc) is 2.40. The van der Waals surface area contributed by atoms with E-state index < -0.39 is 15.7 Å². The van der Waals surface area contributed by atoms with E-state index in [1.54, 1.807) is 12.1 Å². The van der Waals surface area contributed by atoms with Gasteiger partial charge >= 0.3 is 0 Å². The maximum absolute atomic E-state index is 12.2. The third-order valence-electron chi connectivity index (χ3n) is 2.62. The van der Waals surface area contributed by atoms with Crippen LogP contribution in [0.5, 0.6) is 0 Å². The molecule has 1 aromatic carbocycles. The monoisotopic (exact) mass is 388 g/mol. The number of amides is 1. The molecule has 1 heterocycles. The molecule has 0 saturated carbocycles. The standard InChI is InChI=1S/C13H10BrClN2O3S/c1-21(19,20)8-4-5-10(15)11(7-8)17-13(18)9-3-2-6-16-12(9)14/h2-7H,1H3,(H,17,18). The van der Waals surface area contributed by atoms with Crippen molar-refractivity contribution in [2.45, 2.75) is 4.90 Å². The Morgan fingerprint density at radius 3 is 2.67 bits per heavy atom. The quantitative estimate of drug-likeness (QED) is 0.818. The first-order chi connectivity index (χ1) is 9.79. The van der Waals surface area contributed by atoms with Gasteiger partial charge in [-0.1, -0.05) is 11.6 Å². The molecule has 0 aliphatic rings. The van der Waals surface area contributed by atoms with E-state index in [2.05, 4.69) is 26.2 Å². The number of anilines is 1. The summed E-state index contributed by atoms with van der Waals surface area (Å²) < 4.78 is 23.5. The van der Waals surface area contributed by atoms with Gasteiger partial charge in [-0.15, -0.1) is 0 Å². The van der Waals surface area contributed by atoms with Crippen molar-refractivity contribution in [3.8, 4) is 0 Å². The van der Waals surface area contributed by atoms with Crippen LogP contribution >= 0.6 is 27.5 Å². The number of aromatic nitrogens is 1. The minimum absolute atomic E-state index is 0.0763. The van der Waals surface area contributed by atoms with Gasteiger partial charge in [-0.05, 0) is 46.3 Å². The molecule has 0 atom stereocenters. The number of sulfone groups is 1. The SMILES string of the molecule is CS(=O)(=O)c1ccc(Cl)c(NC(=O)c2cccnc2Br)c1. The van der Waals surface area contributed by atoms with Crippen LogP contribution in [0.1, 0.15) is 10.4 Å². The third kappa shape index (κ3) is 3.81. The number of rotatable bonds is 3. The molecule has 1 aromatic heterocycles. The lowest BCUT2D eigenvalue weighted by atomic mass is 10.2. The predicted molar refractivity (Wildman–Crippen MR) is 84.5 cm³/mol. The van der Waals surface area contributed by atoms with Crippen molar-refractivity contribution in [2.75, 3.05) is 11.6 Å². The number of carbonyl (C=O) groups is 1. The van der Waals surface area contributed by atoms with Crippen LogP contribution in [0, 0.1) is 0 Å². The number of nitrogens with one attached hydrogen (secondary N) is 1. The van der Waals surface area contributed by atoms with Crippen molar-refractivity contribution < 1.29 is 13.2 Å². The van der Waals surface area contributed by atoms with E-state index in [0.29, 0.717) is 10.2 Å². The van der Waals surface area contributed by atoms with Crippen LogP contribution < -0.4 is 5.32 Å². The number of hydrogen-bond donors (Lipinski definition) is 1. The number of hydrogen-bond acceptors (Lipinski definition) is 4. The Bertz CT molecular complexity index is 809. The van der Waals surface area contributed by atoms with Crippen molar-refractivity contribution in [3.05, 3.63) is 51.7 Å². The zero-order chi connectivity index (χ0) is 15.6. The van der Waals surface area contributed by atoms with Crippen molar-refractivity contribution in [3.63, 3.8) is 0 Å². The molecule has 8 heteroatoms. The predicted octanol–water partition coefficient (Wildman–Crippen LogP) is 3.15. The summed E-state index contributed by atoms with van der Waals surface area (Å²) in [6.45, 7) is 0. The van der Waals surface area contributed by atoms with Gasteiger partial charge in [0.2, 0.25) is 0 Å². The second-order valence-electron chi connectivity index (χ2n) is 4.21. The zero-order valence-corrected chi connectivity index (χ0v) is 14.0. The summed E-state index contributed by atoms with van der Waals surface area (Å²) in [4.78, 5) is 16.2. The Morgan fingerprint density at radius 2 is 2.05 bits per heavy atom. The highest BCUT2D eigenvalue weighted by atomic mass is 79.9. The molecule has 0 aliphatic heterocycles. The topological polar surface area (TPSA) is 76.1 Å². The Kier molecular flexibility index (Phi) is 4.65. The summed E-state index contributed by atoms with van der Waals surface area (Å²) in [5.41, 5.74) is 0.540. The van der Waals surface area contributed by atoms with E-state index in [1.807, 2.05) is 0 Å². The first-order valence-corrected chi connectivity index (χ1v) is 8.77. The molecule has 21 heavy (non-hydrogen) atoms. The maximum atomic E-state index is 12.2. The maximum Gasteiger partial charge on any atom is 0.258 e. The lowest BCUT2D eigenvalue weighted by Gasteiger charge is -2.09. The van der Waals surface area contributed by atoms with Gasteiger partial charge in [0.05, 0.1) is 21.2 Å². The van der Waals surface area contributed by atoms with Crippen LogP contribution in [0.4, 0.5) is 5.69 Å². The summed E-state index contributed by atoms with van der Waals surface area (Å²) in [6.07, 6.45) is 2.62. The molecular weight excluding hydrogens is 380 g/mol. The highest BCUT2D eigenvalue weighted by Crippen LogP contribution is 2.26. The Labute approximate surface area is 135 Å². The van der Waals surface area contributed by atoms with Crippen LogP contribution in [0.3, 0.4) is 0 Å². The van der Waals surface area contributed by atoms with E-state index in [0.717, 1.165) is 6.26 Å². The zero-order valence-electron chi connectivity index (χ0n) is 10.8. The highest BCUT2D eigenvalue weighted by molar-refractivity contribution is 9.10. The van der Waals surface area contributed by atoms with Gasteiger partial charge in [0.15, 0.2) is 9.84 Å². The minimum Gasteiger partial charge on any atom is -0.321 e. The summed E-state index contributed by atoms with van der Waals surface area (Å²) in [6, 6.07) is 7.33. The number of halogens is 2. The molecule has 0 radical (unpaired) electrons. The lowest BCUT2D eigenvalue weighted by molar-refractivity contribution is 0.102. The molecule has 2 aromatic rings. The second kappa shape index (κ2) is 6.13. The molecule has 0 bridgehead atoms. The first kappa shape index (κ1) is 15.9. The van der Waals surface area contributed by atoms with Crippen molar-refractivity contribution in [1.29, 1.82) is 0 Å². The van der Waals surface area contributed by atoms with Gasteiger partial charge in [0.25, 0.3) is 5.91 Å². The molecule has 0 spiro atoms. The molecule has 110 valence electrons.